The summed E-state index contributed by atoms with van der Waals surface area (Å²) in [7, 11) is 0. The molecule has 4 nitrogen and oxygen atoms in total. The quantitative estimate of drug-likeness (QED) is 0.886. The minimum Gasteiger partial charge on any atom is -0.491 e. The Kier molecular flexibility index (Phi) is 4.43. The molecule has 19 heavy (non-hydrogen) atoms. The van der Waals surface area contributed by atoms with Crippen molar-refractivity contribution in [3.05, 3.63) is 24.3 Å². The molecule has 1 aliphatic heterocycles. The van der Waals surface area contributed by atoms with Crippen LogP contribution in [0.4, 0.5) is 5.69 Å². The number of ether oxygens (including phenoxy) is 1. The van der Waals surface area contributed by atoms with Gasteiger partial charge in [-0.15, -0.1) is 0 Å². The van der Waals surface area contributed by atoms with E-state index in [1.54, 1.807) is 4.90 Å². The smallest absolute Gasteiger partial charge is 0.227 e. The number of amides is 1. The summed E-state index contributed by atoms with van der Waals surface area (Å²) in [6.45, 7) is 4.74. The molecule has 0 aromatic heterocycles. The third-order valence-corrected chi connectivity index (χ3v) is 3.50. The molecule has 1 aliphatic rings. The van der Waals surface area contributed by atoms with E-state index < -0.39 is 0 Å². The highest BCUT2D eigenvalue weighted by Crippen LogP contribution is 2.28. The van der Waals surface area contributed by atoms with E-state index in [9.17, 15) is 4.79 Å². The second kappa shape index (κ2) is 6.06. The van der Waals surface area contributed by atoms with Crippen molar-refractivity contribution in [3.8, 4) is 5.75 Å². The van der Waals surface area contributed by atoms with Crippen LogP contribution >= 0.6 is 0 Å². The van der Waals surface area contributed by atoms with Crippen LogP contribution in [-0.4, -0.2) is 30.3 Å². The van der Waals surface area contributed by atoms with Gasteiger partial charge in [-0.1, -0.05) is 13.0 Å². The van der Waals surface area contributed by atoms with Gasteiger partial charge < -0.3 is 14.7 Å². The Bertz CT molecular complexity index is 447. The summed E-state index contributed by atoms with van der Waals surface area (Å²) in [6, 6.07) is 7.59. The molecule has 2 unspecified atom stereocenters. The first kappa shape index (κ1) is 13.9. The zero-order valence-electron chi connectivity index (χ0n) is 11.5. The van der Waals surface area contributed by atoms with Crippen molar-refractivity contribution in [1.29, 1.82) is 0 Å². The maximum absolute atomic E-state index is 11.9. The molecule has 1 fully saturated rings. The monoisotopic (exact) mass is 263 g/mol. The molecule has 0 aliphatic carbocycles. The van der Waals surface area contributed by atoms with Gasteiger partial charge in [-0.2, -0.15) is 0 Å². The van der Waals surface area contributed by atoms with Crippen molar-refractivity contribution < 1.29 is 14.6 Å². The van der Waals surface area contributed by atoms with E-state index in [0.717, 1.165) is 17.9 Å². The van der Waals surface area contributed by atoms with E-state index >= 15 is 0 Å². The van der Waals surface area contributed by atoms with E-state index in [0.29, 0.717) is 13.0 Å². The van der Waals surface area contributed by atoms with Crippen LogP contribution in [0.1, 0.15) is 26.7 Å². The molecule has 2 atom stereocenters. The third kappa shape index (κ3) is 3.26. The van der Waals surface area contributed by atoms with E-state index in [2.05, 4.69) is 6.92 Å². The lowest BCUT2D eigenvalue weighted by Gasteiger charge is -2.19. The third-order valence-electron chi connectivity index (χ3n) is 3.50. The Morgan fingerprint density at radius 3 is 2.95 bits per heavy atom. The number of aliphatic hydroxyl groups is 1. The summed E-state index contributed by atoms with van der Waals surface area (Å²) in [5, 5.41) is 9.15. The summed E-state index contributed by atoms with van der Waals surface area (Å²) in [4.78, 5) is 13.6. The van der Waals surface area contributed by atoms with Gasteiger partial charge in [0.1, 0.15) is 5.75 Å². The normalized spacial score (nSPS) is 20.7. The number of hydrogen-bond donors (Lipinski definition) is 1. The van der Waals surface area contributed by atoms with Crippen LogP contribution in [0.3, 0.4) is 0 Å². The molecule has 1 aromatic rings. The predicted molar refractivity (Wildman–Crippen MR) is 74.4 cm³/mol. The number of carbonyl (C=O) groups is 1. The Balaban J connectivity index is 2.12. The van der Waals surface area contributed by atoms with Gasteiger partial charge in [0.15, 0.2) is 0 Å². The Morgan fingerprint density at radius 1 is 1.53 bits per heavy atom. The molecular formula is C15H21NO3. The number of anilines is 1. The van der Waals surface area contributed by atoms with Crippen molar-refractivity contribution in [3.63, 3.8) is 0 Å². The topological polar surface area (TPSA) is 49.8 Å². The van der Waals surface area contributed by atoms with Crippen molar-refractivity contribution in [2.24, 2.45) is 5.92 Å². The van der Waals surface area contributed by atoms with Crippen LogP contribution in [0.25, 0.3) is 0 Å². The molecule has 4 heteroatoms. The lowest BCUT2D eigenvalue weighted by atomic mass is 10.1. The molecule has 1 amide bonds. The highest BCUT2D eigenvalue weighted by atomic mass is 16.5. The number of carbonyl (C=O) groups excluding carboxylic acids is 1. The number of nitrogens with zero attached hydrogens (tertiary/aromatic N) is 1. The molecule has 2 rings (SSSR count). The van der Waals surface area contributed by atoms with E-state index in [4.69, 9.17) is 9.84 Å². The molecule has 0 radical (unpaired) electrons. The molecule has 1 aromatic carbocycles. The molecule has 1 heterocycles. The van der Waals surface area contributed by atoms with Gasteiger partial charge in [-0.3, -0.25) is 4.79 Å². The van der Waals surface area contributed by atoms with Crippen LogP contribution in [-0.2, 0) is 4.79 Å². The fraction of sp³-hybridized carbons (Fsp3) is 0.533. The first-order chi connectivity index (χ1) is 9.13. The van der Waals surface area contributed by atoms with Gasteiger partial charge in [0.05, 0.1) is 6.10 Å². The fourth-order valence-corrected chi connectivity index (χ4v) is 2.19. The van der Waals surface area contributed by atoms with Crippen molar-refractivity contribution in [2.45, 2.75) is 32.8 Å². The van der Waals surface area contributed by atoms with Crippen LogP contribution < -0.4 is 9.64 Å². The number of benzene rings is 1. The number of rotatable bonds is 5. The first-order valence-electron chi connectivity index (χ1n) is 6.82. The molecule has 1 saturated heterocycles. The average Bonchev–Trinajstić information content (AvgIpc) is 2.80. The summed E-state index contributed by atoms with van der Waals surface area (Å²) in [5.41, 5.74) is 0.849. The molecular weight excluding hydrogens is 242 g/mol. The standard InChI is InChI=1S/C15H21NO3/c1-3-11(2)19-14-6-4-5-13(8-14)16-9-12(10-17)7-15(16)18/h4-6,8,11-12,17H,3,7,9-10H2,1-2H3. The van der Waals surface area contributed by atoms with Crippen molar-refractivity contribution >= 4 is 11.6 Å². The van der Waals surface area contributed by atoms with E-state index in [1.165, 1.54) is 0 Å². The maximum Gasteiger partial charge on any atom is 0.227 e. The zero-order valence-corrected chi connectivity index (χ0v) is 11.5. The summed E-state index contributed by atoms with van der Waals surface area (Å²) in [6.07, 6.45) is 1.53. The number of hydrogen-bond acceptors (Lipinski definition) is 3. The van der Waals surface area contributed by atoms with Gasteiger partial charge >= 0.3 is 0 Å². The summed E-state index contributed by atoms with van der Waals surface area (Å²) < 4.78 is 5.76. The van der Waals surface area contributed by atoms with Crippen molar-refractivity contribution in [1.82, 2.24) is 0 Å². The highest BCUT2D eigenvalue weighted by molar-refractivity contribution is 5.95. The van der Waals surface area contributed by atoms with Gasteiger partial charge in [0.2, 0.25) is 5.91 Å². The molecule has 1 N–H and O–H groups in total. The van der Waals surface area contributed by atoms with Gasteiger partial charge in [0, 0.05) is 37.2 Å². The van der Waals surface area contributed by atoms with E-state index in [-0.39, 0.29) is 24.5 Å². The lowest BCUT2D eigenvalue weighted by molar-refractivity contribution is -0.117. The number of aliphatic hydroxyl groups excluding tert-OH is 1. The molecule has 104 valence electrons. The lowest BCUT2D eigenvalue weighted by Crippen LogP contribution is -2.24. The Hall–Kier alpha value is -1.55. The van der Waals surface area contributed by atoms with Crippen molar-refractivity contribution in [2.75, 3.05) is 18.1 Å². The minimum absolute atomic E-state index is 0.0478. The average molecular weight is 263 g/mol. The largest absolute Gasteiger partial charge is 0.491 e. The van der Waals surface area contributed by atoms with Gasteiger partial charge in [0.25, 0.3) is 0 Å². The van der Waals surface area contributed by atoms with Gasteiger partial charge in [-0.05, 0) is 25.5 Å². The molecule has 0 saturated carbocycles. The minimum atomic E-state index is 0.0478. The first-order valence-corrected chi connectivity index (χ1v) is 6.82. The molecule has 0 spiro atoms. The Labute approximate surface area is 114 Å². The summed E-state index contributed by atoms with van der Waals surface area (Å²) >= 11 is 0. The predicted octanol–water partition coefficient (Wildman–Crippen LogP) is 2.21. The fourth-order valence-electron chi connectivity index (χ4n) is 2.19. The zero-order chi connectivity index (χ0) is 13.8. The highest BCUT2D eigenvalue weighted by Gasteiger charge is 2.30. The molecule has 0 bridgehead atoms. The van der Waals surface area contributed by atoms with Gasteiger partial charge in [-0.25, -0.2) is 0 Å². The van der Waals surface area contributed by atoms with Crippen LogP contribution in [0.5, 0.6) is 5.75 Å². The maximum atomic E-state index is 11.9. The van der Waals surface area contributed by atoms with Crippen LogP contribution in [0.15, 0.2) is 24.3 Å². The second-order valence-electron chi connectivity index (χ2n) is 5.09. The Morgan fingerprint density at radius 2 is 2.32 bits per heavy atom. The second-order valence-corrected chi connectivity index (χ2v) is 5.09. The SMILES string of the molecule is CCC(C)Oc1cccc(N2CC(CO)CC2=O)c1. The summed E-state index contributed by atoms with van der Waals surface area (Å²) in [5.74, 6) is 0.901. The van der Waals surface area contributed by atoms with E-state index in [1.807, 2.05) is 31.2 Å². The van der Waals surface area contributed by atoms with Crippen LogP contribution in [0.2, 0.25) is 0 Å². The van der Waals surface area contributed by atoms with Crippen LogP contribution in [0, 0.1) is 5.92 Å².